The minimum atomic E-state index is 0.673. The lowest BCUT2D eigenvalue weighted by atomic mass is 10.2. The number of rotatable bonds is 3. The summed E-state index contributed by atoms with van der Waals surface area (Å²) in [7, 11) is 2.04. The Labute approximate surface area is 89.3 Å². The molecule has 0 aliphatic carbocycles. The largest absolute Gasteiger partial charge is 0.337 e. The monoisotopic (exact) mass is 211 g/mol. The summed E-state index contributed by atoms with van der Waals surface area (Å²) >= 11 is 2.06. The van der Waals surface area contributed by atoms with Crippen LogP contribution < -0.4 is 5.32 Å². The maximum Gasteiger partial charge on any atom is 0.122 e. The van der Waals surface area contributed by atoms with Crippen molar-refractivity contribution in [1.82, 2.24) is 14.9 Å². The SMILES string of the molecule is CC1CC(NCc2nccn2C)CS1. The third-order valence-corrected chi connectivity index (χ3v) is 4.02. The van der Waals surface area contributed by atoms with E-state index in [-0.39, 0.29) is 0 Å². The highest BCUT2D eigenvalue weighted by Gasteiger charge is 2.21. The molecule has 0 bridgehead atoms. The predicted octanol–water partition coefficient (Wildman–Crippen LogP) is 1.40. The van der Waals surface area contributed by atoms with Crippen molar-refractivity contribution in [3.05, 3.63) is 18.2 Å². The molecule has 1 fully saturated rings. The first-order chi connectivity index (χ1) is 6.75. The molecule has 1 aliphatic heterocycles. The van der Waals surface area contributed by atoms with Gasteiger partial charge in [0, 0.05) is 36.5 Å². The van der Waals surface area contributed by atoms with Crippen LogP contribution in [0.1, 0.15) is 19.2 Å². The van der Waals surface area contributed by atoms with E-state index in [0.29, 0.717) is 6.04 Å². The lowest BCUT2D eigenvalue weighted by Gasteiger charge is -2.10. The first-order valence-electron chi connectivity index (χ1n) is 5.07. The minimum absolute atomic E-state index is 0.673. The molecule has 1 N–H and O–H groups in total. The van der Waals surface area contributed by atoms with Gasteiger partial charge in [0.25, 0.3) is 0 Å². The van der Waals surface area contributed by atoms with Crippen molar-refractivity contribution in [1.29, 1.82) is 0 Å². The molecule has 1 saturated heterocycles. The molecule has 0 radical (unpaired) electrons. The zero-order valence-corrected chi connectivity index (χ0v) is 9.55. The summed E-state index contributed by atoms with van der Waals surface area (Å²) in [5, 5.41) is 4.36. The molecule has 0 saturated carbocycles. The smallest absolute Gasteiger partial charge is 0.122 e. The predicted molar refractivity (Wildman–Crippen MR) is 60.4 cm³/mol. The van der Waals surface area contributed by atoms with E-state index in [1.165, 1.54) is 12.2 Å². The highest BCUT2D eigenvalue weighted by Crippen LogP contribution is 2.25. The van der Waals surface area contributed by atoms with Gasteiger partial charge in [0.2, 0.25) is 0 Å². The molecule has 2 rings (SSSR count). The summed E-state index contributed by atoms with van der Waals surface area (Å²) in [5.41, 5.74) is 0. The first kappa shape index (κ1) is 10.1. The molecule has 2 atom stereocenters. The fraction of sp³-hybridized carbons (Fsp3) is 0.700. The van der Waals surface area contributed by atoms with Gasteiger partial charge in [-0.05, 0) is 6.42 Å². The van der Waals surface area contributed by atoms with Crippen molar-refractivity contribution in [2.24, 2.45) is 7.05 Å². The van der Waals surface area contributed by atoms with Gasteiger partial charge in [-0.25, -0.2) is 4.98 Å². The van der Waals surface area contributed by atoms with E-state index in [1.807, 2.05) is 19.4 Å². The number of aryl methyl sites for hydroxylation is 1. The molecule has 0 spiro atoms. The summed E-state index contributed by atoms with van der Waals surface area (Å²) in [6.45, 7) is 3.19. The minimum Gasteiger partial charge on any atom is -0.337 e. The Morgan fingerprint density at radius 1 is 1.71 bits per heavy atom. The quantitative estimate of drug-likeness (QED) is 0.819. The van der Waals surface area contributed by atoms with Gasteiger partial charge in [-0.15, -0.1) is 0 Å². The fourth-order valence-electron chi connectivity index (χ4n) is 1.76. The lowest BCUT2D eigenvalue weighted by molar-refractivity contribution is 0.520. The molecule has 4 heteroatoms. The number of aromatic nitrogens is 2. The molecular formula is C10H17N3S. The maximum absolute atomic E-state index is 4.29. The molecule has 2 heterocycles. The van der Waals surface area contributed by atoms with E-state index in [2.05, 4.69) is 33.6 Å². The molecule has 0 amide bonds. The van der Waals surface area contributed by atoms with Crippen LogP contribution in [0.3, 0.4) is 0 Å². The van der Waals surface area contributed by atoms with Gasteiger partial charge in [-0.3, -0.25) is 0 Å². The number of hydrogen-bond acceptors (Lipinski definition) is 3. The number of hydrogen-bond donors (Lipinski definition) is 1. The molecule has 1 aromatic heterocycles. The van der Waals surface area contributed by atoms with Crippen molar-refractivity contribution in [3.8, 4) is 0 Å². The van der Waals surface area contributed by atoms with Crippen molar-refractivity contribution >= 4 is 11.8 Å². The van der Waals surface area contributed by atoms with E-state index in [0.717, 1.165) is 17.6 Å². The van der Waals surface area contributed by atoms with Gasteiger partial charge in [-0.1, -0.05) is 6.92 Å². The summed E-state index contributed by atoms with van der Waals surface area (Å²) < 4.78 is 2.07. The standard InChI is InChI=1S/C10H17N3S/c1-8-5-9(7-14-8)12-6-10-11-3-4-13(10)2/h3-4,8-9,12H,5-7H2,1-2H3. The number of thioether (sulfide) groups is 1. The Morgan fingerprint density at radius 2 is 2.57 bits per heavy atom. The Hall–Kier alpha value is -0.480. The van der Waals surface area contributed by atoms with Crippen LogP contribution in [0.5, 0.6) is 0 Å². The zero-order chi connectivity index (χ0) is 9.97. The van der Waals surface area contributed by atoms with Crippen molar-refractivity contribution < 1.29 is 0 Å². The van der Waals surface area contributed by atoms with Gasteiger partial charge in [0.15, 0.2) is 0 Å². The lowest BCUT2D eigenvalue weighted by Crippen LogP contribution is -2.29. The molecule has 78 valence electrons. The molecule has 3 nitrogen and oxygen atoms in total. The summed E-state index contributed by atoms with van der Waals surface area (Å²) in [4.78, 5) is 4.29. The van der Waals surface area contributed by atoms with Gasteiger partial charge in [0.05, 0.1) is 6.54 Å². The Morgan fingerprint density at radius 3 is 3.14 bits per heavy atom. The second kappa shape index (κ2) is 4.36. The molecule has 14 heavy (non-hydrogen) atoms. The Balaban J connectivity index is 1.80. The normalized spacial score (nSPS) is 27.0. The zero-order valence-electron chi connectivity index (χ0n) is 8.73. The fourth-order valence-corrected chi connectivity index (χ4v) is 2.95. The van der Waals surface area contributed by atoms with Crippen LogP contribution in [0.4, 0.5) is 0 Å². The van der Waals surface area contributed by atoms with Crippen LogP contribution in [0.25, 0.3) is 0 Å². The number of nitrogens with zero attached hydrogens (tertiary/aromatic N) is 2. The van der Waals surface area contributed by atoms with Crippen LogP contribution in [-0.2, 0) is 13.6 Å². The molecule has 1 aromatic rings. The second-order valence-electron chi connectivity index (χ2n) is 3.91. The van der Waals surface area contributed by atoms with E-state index in [1.54, 1.807) is 0 Å². The number of imidazole rings is 1. The molecule has 0 aromatic carbocycles. The third-order valence-electron chi connectivity index (χ3n) is 2.67. The van der Waals surface area contributed by atoms with E-state index in [4.69, 9.17) is 0 Å². The topological polar surface area (TPSA) is 29.9 Å². The van der Waals surface area contributed by atoms with Gasteiger partial charge < -0.3 is 9.88 Å². The van der Waals surface area contributed by atoms with E-state index < -0.39 is 0 Å². The molecule has 2 unspecified atom stereocenters. The second-order valence-corrected chi connectivity index (χ2v) is 5.38. The summed E-state index contributed by atoms with van der Waals surface area (Å²) in [5.74, 6) is 2.36. The molecular weight excluding hydrogens is 194 g/mol. The van der Waals surface area contributed by atoms with Crippen LogP contribution in [0.15, 0.2) is 12.4 Å². The van der Waals surface area contributed by atoms with E-state index >= 15 is 0 Å². The van der Waals surface area contributed by atoms with Crippen molar-refractivity contribution in [2.75, 3.05) is 5.75 Å². The first-order valence-corrected chi connectivity index (χ1v) is 6.12. The molecule has 1 aliphatic rings. The van der Waals surface area contributed by atoms with Crippen LogP contribution in [0.2, 0.25) is 0 Å². The van der Waals surface area contributed by atoms with Crippen LogP contribution >= 0.6 is 11.8 Å². The van der Waals surface area contributed by atoms with Gasteiger partial charge >= 0.3 is 0 Å². The van der Waals surface area contributed by atoms with Crippen molar-refractivity contribution in [2.45, 2.75) is 31.2 Å². The number of nitrogens with one attached hydrogen (secondary N) is 1. The summed E-state index contributed by atoms with van der Waals surface area (Å²) in [6, 6.07) is 0.673. The van der Waals surface area contributed by atoms with Crippen LogP contribution in [0, 0.1) is 0 Å². The maximum atomic E-state index is 4.29. The third kappa shape index (κ3) is 2.30. The van der Waals surface area contributed by atoms with Crippen molar-refractivity contribution in [3.63, 3.8) is 0 Å². The van der Waals surface area contributed by atoms with Crippen LogP contribution in [-0.4, -0.2) is 26.6 Å². The average molecular weight is 211 g/mol. The van der Waals surface area contributed by atoms with E-state index in [9.17, 15) is 0 Å². The highest BCUT2D eigenvalue weighted by molar-refractivity contribution is 8.00. The Bertz CT molecular complexity index is 297. The van der Waals surface area contributed by atoms with Gasteiger partial charge in [0.1, 0.15) is 5.82 Å². The summed E-state index contributed by atoms with van der Waals surface area (Å²) in [6.07, 6.45) is 5.13. The van der Waals surface area contributed by atoms with Gasteiger partial charge in [-0.2, -0.15) is 11.8 Å². The Kier molecular flexibility index (Phi) is 3.13. The highest BCUT2D eigenvalue weighted by atomic mass is 32.2. The average Bonchev–Trinajstić information content (AvgIpc) is 2.72.